The van der Waals surface area contributed by atoms with E-state index in [0.29, 0.717) is 0 Å². The van der Waals surface area contributed by atoms with Gasteiger partial charge in [-0.15, -0.1) is 0 Å². The van der Waals surface area contributed by atoms with Crippen LogP contribution in [0.2, 0.25) is 0 Å². The minimum absolute atomic E-state index is 0.0188. The highest BCUT2D eigenvalue weighted by atomic mass is 17.2. The fourth-order valence-corrected chi connectivity index (χ4v) is 1.32. The first-order valence-electron chi connectivity index (χ1n) is 5.06. The molecule has 19 heavy (non-hydrogen) atoms. The summed E-state index contributed by atoms with van der Waals surface area (Å²) in [6.07, 6.45) is 0. The lowest BCUT2D eigenvalue weighted by molar-refractivity contribution is -0.190. The molecule has 0 aliphatic rings. The molecule has 0 aliphatic heterocycles. The third-order valence-corrected chi connectivity index (χ3v) is 1.95. The molecule has 8 nitrogen and oxygen atoms in total. The van der Waals surface area contributed by atoms with E-state index in [1.165, 1.54) is 40.6 Å². The van der Waals surface area contributed by atoms with Crippen molar-refractivity contribution >= 4 is 5.97 Å². The van der Waals surface area contributed by atoms with Crippen LogP contribution in [0.5, 0.6) is 17.2 Å². The maximum atomic E-state index is 11.7. The SMILES string of the molecule is COOc1cc(OOC)c(C(=O)OC)c(OOC)c1. The summed E-state index contributed by atoms with van der Waals surface area (Å²) in [6.45, 7) is 0. The summed E-state index contributed by atoms with van der Waals surface area (Å²) in [5.41, 5.74) is -0.0188. The van der Waals surface area contributed by atoms with E-state index in [-0.39, 0.29) is 22.8 Å². The van der Waals surface area contributed by atoms with Crippen LogP contribution < -0.4 is 14.7 Å². The van der Waals surface area contributed by atoms with Gasteiger partial charge < -0.3 is 19.4 Å². The largest absolute Gasteiger partial charge is 0.465 e. The molecule has 8 heteroatoms. The Kier molecular flexibility index (Phi) is 5.86. The molecular formula is C11H14O8. The highest BCUT2D eigenvalue weighted by molar-refractivity contribution is 5.95. The number of hydrogen-bond donors (Lipinski definition) is 0. The second-order valence-corrected chi connectivity index (χ2v) is 3.04. The number of carbonyl (C=O) groups is 1. The minimum Gasteiger partial charge on any atom is -0.465 e. The van der Waals surface area contributed by atoms with E-state index >= 15 is 0 Å². The molecule has 0 aliphatic carbocycles. The molecule has 0 aromatic heterocycles. The topological polar surface area (TPSA) is 81.7 Å². The van der Waals surface area contributed by atoms with Crippen LogP contribution in [0.15, 0.2) is 12.1 Å². The summed E-state index contributed by atoms with van der Waals surface area (Å²) < 4.78 is 4.63. The molecule has 106 valence electrons. The lowest BCUT2D eigenvalue weighted by atomic mass is 10.1. The third-order valence-electron chi connectivity index (χ3n) is 1.95. The van der Waals surface area contributed by atoms with Crippen LogP contribution in [0.4, 0.5) is 0 Å². The van der Waals surface area contributed by atoms with E-state index in [4.69, 9.17) is 14.7 Å². The zero-order chi connectivity index (χ0) is 14.3. The zero-order valence-corrected chi connectivity index (χ0v) is 10.9. The molecular weight excluding hydrogens is 260 g/mol. The second-order valence-electron chi connectivity index (χ2n) is 3.04. The average Bonchev–Trinajstić information content (AvgIpc) is 2.39. The van der Waals surface area contributed by atoms with Crippen molar-refractivity contribution in [1.29, 1.82) is 0 Å². The predicted octanol–water partition coefficient (Wildman–Crippen LogP) is 1.29. The molecule has 0 spiro atoms. The van der Waals surface area contributed by atoms with Crippen LogP contribution >= 0.6 is 0 Å². The van der Waals surface area contributed by atoms with E-state index in [0.717, 1.165) is 0 Å². The Balaban J connectivity index is 3.32. The van der Waals surface area contributed by atoms with E-state index in [2.05, 4.69) is 19.4 Å². The average molecular weight is 274 g/mol. The number of ether oxygens (including phenoxy) is 1. The molecule has 1 aromatic rings. The van der Waals surface area contributed by atoms with Gasteiger partial charge in [0.1, 0.15) is 0 Å². The first kappa shape index (κ1) is 15.0. The van der Waals surface area contributed by atoms with Gasteiger partial charge in [-0.2, -0.15) is 14.7 Å². The fraction of sp³-hybridized carbons (Fsp3) is 0.364. The van der Waals surface area contributed by atoms with Crippen LogP contribution in [0.25, 0.3) is 0 Å². The van der Waals surface area contributed by atoms with E-state index in [1.54, 1.807) is 0 Å². The normalized spacial score (nSPS) is 9.89. The standard InChI is InChI=1S/C11H14O8/c1-13-11(12)10-8(18-15-3)5-7(17-14-2)6-9(10)19-16-4/h5-6H,1-4H3. The number of benzene rings is 1. The second kappa shape index (κ2) is 7.41. The maximum Gasteiger partial charge on any atom is 0.345 e. The Hall–Kier alpha value is -2.03. The molecule has 1 aromatic carbocycles. The van der Waals surface area contributed by atoms with Crippen molar-refractivity contribution in [3.63, 3.8) is 0 Å². The Labute approximate surface area is 109 Å². The fourth-order valence-electron chi connectivity index (χ4n) is 1.32. The highest BCUT2D eigenvalue weighted by Gasteiger charge is 2.24. The predicted molar refractivity (Wildman–Crippen MR) is 60.7 cm³/mol. The minimum atomic E-state index is -0.692. The summed E-state index contributed by atoms with van der Waals surface area (Å²) in [6, 6.07) is 2.73. The Morgan fingerprint density at radius 3 is 1.68 bits per heavy atom. The van der Waals surface area contributed by atoms with Crippen molar-refractivity contribution in [1.82, 2.24) is 0 Å². The lowest BCUT2D eigenvalue weighted by Crippen LogP contribution is -2.09. The quantitative estimate of drug-likeness (QED) is 0.418. The Morgan fingerprint density at radius 2 is 1.32 bits per heavy atom. The summed E-state index contributed by atoms with van der Waals surface area (Å²) in [4.78, 5) is 39.8. The molecule has 0 N–H and O–H groups in total. The number of hydrogen-bond acceptors (Lipinski definition) is 8. The molecule has 0 fully saturated rings. The zero-order valence-electron chi connectivity index (χ0n) is 10.9. The van der Waals surface area contributed by atoms with Crippen LogP contribution in [0.1, 0.15) is 10.4 Å². The summed E-state index contributed by atoms with van der Waals surface area (Å²) >= 11 is 0. The van der Waals surface area contributed by atoms with Crippen LogP contribution in [0, 0.1) is 0 Å². The van der Waals surface area contributed by atoms with Crippen LogP contribution in [0.3, 0.4) is 0 Å². The van der Waals surface area contributed by atoms with Crippen molar-refractivity contribution in [2.45, 2.75) is 0 Å². The molecule has 1 rings (SSSR count). The first-order chi connectivity index (χ1) is 9.17. The monoisotopic (exact) mass is 274 g/mol. The van der Waals surface area contributed by atoms with E-state index in [1.807, 2.05) is 0 Å². The first-order valence-corrected chi connectivity index (χ1v) is 5.06. The van der Waals surface area contributed by atoms with E-state index < -0.39 is 5.97 Å². The van der Waals surface area contributed by atoms with Crippen molar-refractivity contribution in [3.05, 3.63) is 17.7 Å². The summed E-state index contributed by atoms with van der Waals surface area (Å²) in [5, 5.41) is 0. The third kappa shape index (κ3) is 3.71. The number of esters is 1. The van der Waals surface area contributed by atoms with E-state index in [9.17, 15) is 4.79 Å². The molecule has 0 saturated carbocycles. The molecule has 0 heterocycles. The highest BCUT2D eigenvalue weighted by Crippen LogP contribution is 2.35. The van der Waals surface area contributed by atoms with Gasteiger partial charge in [-0.05, 0) is 0 Å². The van der Waals surface area contributed by atoms with Gasteiger partial charge in [0.15, 0.2) is 22.8 Å². The maximum absolute atomic E-state index is 11.7. The Bertz CT molecular complexity index is 404. The van der Waals surface area contributed by atoms with Crippen molar-refractivity contribution < 1.29 is 38.9 Å². The van der Waals surface area contributed by atoms with Gasteiger partial charge >= 0.3 is 5.97 Å². The number of carbonyl (C=O) groups excluding carboxylic acids is 1. The molecule has 0 amide bonds. The van der Waals surface area contributed by atoms with Gasteiger partial charge in [0.25, 0.3) is 0 Å². The van der Waals surface area contributed by atoms with Crippen LogP contribution in [-0.2, 0) is 19.4 Å². The molecule has 0 bridgehead atoms. The van der Waals surface area contributed by atoms with Gasteiger partial charge in [0.05, 0.1) is 28.4 Å². The molecule has 0 saturated heterocycles. The van der Waals surface area contributed by atoms with Gasteiger partial charge in [0, 0.05) is 12.1 Å². The lowest BCUT2D eigenvalue weighted by Gasteiger charge is -2.12. The number of methoxy groups -OCH3 is 1. The van der Waals surface area contributed by atoms with Gasteiger partial charge in [-0.3, -0.25) is 0 Å². The molecule has 0 unspecified atom stereocenters. The van der Waals surface area contributed by atoms with Gasteiger partial charge in [0.2, 0.25) is 0 Å². The smallest absolute Gasteiger partial charge is 0.345 e. The number of rotatable bonds is 7. The summed E-state index contributed by atoms with van der Waals surface area (Å²) in [5.74, 6) is -0.427. The molecule has 0 radical (unpaired) electrons. The van der Waals surface area contributed by atoms with Gasteiger partial charge in [-0.25, -0.2) is 4.79 Å². The summed E-state index contributed by atoms with van der Waals surface area (Å²) in [7, 11) is 5.10. The van der Waals surface area contributed by atoms with Crippen molar-refractivity contribution in [3.8, 4) is 17.2 Å². The van der Waals surface area contributed by atoms with Crippen LogP contribution in [-0.4, -0.2) is 34.4 Å². The Morgan fingerprint density at radius 1 is 0.842 bits per heavy atom. The molecule has 0 atom stereocenters. The van der Waals surface area contributed by atoms with Crippen molar-refractivity contribution in [2.75, 3.05) is 28.4 Å². The van der Waals surface area contributed by atoms with Gasteiger partial charge in [-0.1, -0.05) is 0 Å². The van der Waals surface area contributed by atoms with Crippen molar-refractivity contribution in [2.24, 2.45) is 0 Å².